The van der Waals surface area contributed by atoms with Gasteiger partial charge in [-0.15, -0.1) is 0 Å². The van der Waals surface area contributed by atoms with Crippen LogP contribution in [0.3, 0.4) is 0 Å². The lowest BCUT2D eigenvalue weighted by Crippen LogP contribution is -2.40. The Bertz CT molecular complexity index is 494. The highest BCUT2D eigenvalue weighted by molar-refractivity contribution is 6.04. The number of rotatable bonds is 4. The van der Waals surface area contributed by atoms with E-state index >= 15 is 0 Å². The first-order valence-corrected chi connectivity index (χ1v) is 5.96. The first-order chi connectivity index (χ1) is 9.06. The number of aryl methyl sites for hydroxylation is 1. The van der Waals surface area contributed by atoms with Gasteiger partial charge in [-0.2, -0.15) is 0 Å². The number of urea groups is 1. The van der Waals surface area contributed by atoms with Crippen molar-refractivity contribution in [3.8, 4) is 0 Å². The van der Waals surface area contributed by atoms with Crippen LogP contribution in [0.5, 0.6) is 0 Å². The van der Waals surface area contributed by atoms with E-state index in [1.54, 1.807) is 0 Å². The van der Waals surface area contributed by atoms with Crippen molar-refractivity contribution >= 4 is 17.8 Å². The second-order valence-corrected chi connectivity index (χ2v) is 4.40. The van der Waals surface area contributed by atoms with E-state index in [2.05, 4.69) is 10.6 Å². The number of carbonyl (C=O) groups is 3. The second kappa shape index (κ2) is 5.51. The van der Waals surface area contributed by atoms with Crippen molar-refractivity contribution < 1.29 is 14.4 Å². The van der Waals surface area contributed by atoms with Crippen molar-refractivity contribution in [2.24, 2.45) is 0 Å². The smallest absolute Gasteiger partial charge is 0.325 e. The molecule has 6 heteroatoms. The van der Waals surface area contributed by atoms with E-state index in [0.29, 0.717) is 6.54 Å². The van der Waals surface area contributed by atoms with Crippen LogP contribution in [0.1, 0.15) is 11.1 Å². The normalized spacial score (nSPS) is 14.5. The van der Waals surface area contributed by atoms with Gasteiger partial charge in [0.2, 0.25) is 5.91 Å². The number of hydrogen-bond donors (Lipinski definition) is 2. The zero-order valence-electron chi connectivity index (χ0n) is 10.6. The van der Waals surface area contributed by atoms with E-state index in [-0.39, 0.29) is 24.9 Å². The molecule has 19 heavy (non-hydrogen) atoms. The van der Waals surface area contributed by atoms with Gasteiger partial charge in [-0.05, 0) is 12.5 Å². The van der Waals surface area contributed by atoms with Crippen LogP contribution >= 0.6 is 0 Å². The number of imide groups is 1. The zero-order valence-corrected chi connectivity index (χ0v) is 10.6. The van der Waals surface area contributed by atoms with Crippen LogP contribution in [0.25, 0.3) is 0 Å². The Morgan fingerprint density at radius 3 is 2.58 bits per heavy atom. The van der Waals surface area contributed by atoms with E-state index < -0.39 is 6.03 Å². The molecule has 4 amide bonds. The van der Waals surface area contributed by atoms with Gasteiger partial charge in [-0.3, -0.25) is 14.5 Å². The van der Waals surface area contributed by atoms with Gasteiger partial charge in [0, 0.05) is 6.54 Å². The van der Waals surface area contributed by atoms with Crippen molar-refractivity contribution in [2.75, 3.05) is 13.1 Å². The first-order valence-electron chi connectivity index (χ1n) is 5.96. The van der Waals surface area contributed by atoms with Gasteiger partial charge in [0.1, 0.15) is 6.54 Å². The molecule has 1 aromatic carbocycles. The Morgan fingerprint density at radius 1 is 1.32 bits per heavy atom. The molecule has 0 unspecified atom stereocenters. The van der Waals surface area contributed by atoms with Gasteiger partial charge in [-0.1, -0.05) is 29.8 Å². The van der Waals surface area contributed by atoms with Crippen molar-refractivity contribution in [3.05, 3.63) is 35.4 Å². The predicted molar refractivity (Wildman–Crippen MR) is 68.1 cm³/mol. The zero-order chi connectivity index (χ0) is 13.8. The van der Waals surface area contributed by atoms with E-state index in [9.17, 15) is 14.4 Å². The van der Waals surface area contributed by atoms with Crippen molar-refractivity contribution in [3.63, 3.8) is 0 Å². The van der Waals surface area contributed by atoms with Gasteiger partial charge < -0.3 is 10.6 Å². The van der Waals surface area contributed by atoms with E-state index in [4.69, 9.17) is 0 Å². The molecule has 0 spiro atoms. The van der Waals surface area contributed by atoms with Crippen LogP contribution in [0.4, 0.5) is 4.79 Å². The molecule has 1 heterocycles. The molecule has 1 saturated heterocycles. The van der Waals surface area contributed by atoms with Crippen LogP contribution in [0.15, 0.2) is 24.3 Å². The maximum Gasteiger partial charge on any atom is 0.325 e. The van der Waals surface area contributed by atoms with Crippen LogP contribution < -0.4 is 10.6 Å². The molecule has 2 N–H and O–H groups in total. The van der Waals surface area contributed by atoms with Crippen LogP contribution in [-0.4, -0.2) is 35.8 Å². The van der Waals surface area contributed by atoms with Gasteiger partial charge in [0.25, 0.3) is 5.91 Å². The quantitative estimate of drug-likeness (QED) is 0.758. The number of hydrogen-bond acceptors (Lipinski definition) is 3. The molecule has 0 aromatic heterocycles. The average Bonchev–Trinajstić information content (AvgIpc) is 2.70. The summed E-state index contributed by atoms with van der Waals surface area (Å²) in [5.74, 6) is -0.735. The fourth-order valence-corrected chi connectivity index (χ4v) is 1.72. The number of amides is 4. The maximum absolute atomic E-state index is 11.6. The summed E-state index contributed by atoms with van der Waals surface area (Å²) in [6.45, 7) is 2.09. The van der Waals surface area contributed by atoms with Gasteiger partial charge in [0.05, 0.1) is 6.54 Å². The van der Waals surface area contributed by atoms with E-state index in [1.807, 2.05) is 31.2 Å². The van der Waals surface area contributed by atoms with Gasteiger partial charge >= 0.3 is 6.03 Å². The Balaban J connectivity index is 1.83. The second-order valence-electron chi connectivity index (χ2n) is 4.40. The summed E-state index contributed by atoms with van der Waals surface area (Å²) in [4.78, 5) is 35.1. The number of nitrogens with zero attached hydrogens (tertiary/aromatic N) is 1. The molecule has 1 aliphatic rings. The van der Waals surface area contributed by atoms with Crippen LogP contribution in [0.2, 0.25) is 0 Å². The number of nitrogens with one attached hydrogen (secondary N) is 2. The molecular weight excluding hydrogens is 246 g/mol. The van der Waals surface area contributed by atoms with Crippen LogP contribution in [0, 0.1) is 6.92 Å². The minimum absolute atomic E-state index is 0.0376. The third-order valence-electron chi connectivity index (χ3n) is 2.85. The summed E-state index contributed by atoms with van der Waals surface area (Å²) in [6.07, 6.45) is 0. The molecule has 1 aromatic rings. The van der Waals surface area contributed by atoms with Crippen LogP contribution in [-0.2, 0) is 16.1 Å². The van der Waals surface area contributed by atoms with Gasteiger partial charge in [-0.25, -0.2) is 4.79 Å². The van der Waals surface area contributed by atoms with E-state index in [0.717, 1.165) is 16.0 Å². The predicted octanol–water partition coefficient (Wildman–Crippen LogP) is 0.163. The lowest BCUT2D eigenvalue weighted by Gasteiger charge is -2.12. The topological polar surface area (TPSA) is 78.5 Å². The first kappa shape index (κ1) is 13.1. The summed E-state index contributed by atoms with van der Waals surface area (Å²) >= 11 is 0. The maximum atomic E-state index is 11.6. The Labute approximate surface area is 110 Å². The summed E-state index contributed by atoms with van der Waals surface area (Å²) in [5, 5.41) is 5.04. The Kier molecular flexibility index (Phi) is 3.79. The molecule has 100 valence electrons. The number of carbonyl (C=O) groups excluding carboxylic acids is 3. The van der Waals surface area contributed by atoms with E-state index in [1.165, 1.54) is 0 Å². The number of benzene rings is 1. The van der Waals surface area contributed by atoms with Crippen molar-refractivity contribution in [2.45, 2.75) is 13.5 Å². The highest BCUT2D eigenvalue weighted by Gasteiger charge is 2.29. The molecule has 1 aliphatic heterocycles. The van der Waals surface area contributed by atoms with Crippen molar-refractivity contribution in [1.29, 1.82) is 0 Å². The fraction of sp³-hybridized carbons (Fsp3) is 0.308. The molecule has 0 aliphatic carbocycles. The fourth-order valence-electron chi connectivity index (χ4n) is 1.72. The molecule has 6 nitrogen and oxygen atoms in total. The van der Waals surface area contributed by atoms with Gasteiger partial charge in [0.15, 0.2) is 0 Å². The molecule has 0 saturated carbocycles. The van der Waals surface area contributed by atoms with Crippen molar-refractivity contribution in [1.82, 2.24) is 15.5 Å². The standard InChI is InChI=1S/C13H15N3O3/c1-9-2-4-10(5-3-9)6-14-11(17)8-16-12(18)7-15-13(16)19/h2-5H,6-8H2,1H3,(H,14,17)(H,15,19). The minimum Gasteiger partial charge on any atom is -0.350 e. The third-order valence-corrected chi connectivity index (χ3v) is 2.85. The Morgan fingerprint density at radius 2 is 2.00 bits per heavy atom. The largest absolute Gasteiger partial charge is 0.350 e. The highest BCUT2D eigenvalue weighted by Crippen LogP contribution is 2.03. The molecular formula is C13H15N3O3. The monoisotopic (exact) mass is 261 g/mol. The Hall–Kier alpha value is -2.37. The molecule has 0 atom stereocenters. The molecule has 1 fully saturated rings. The molecule has 0 radical (unpaired) electrons. The summed E-state index contributed by atoms with van der Waals surface area (Å²) in [6, 6.07) is 7.24. The summed E-state index contributed by atoms with van der Waals surface area (Å²) < 4.78 is 0. The lowest BCUT2D eigenvalue weighted by atomic mass is 10.1. The highest BCUT2D eigenvalue weighted by atomic mass is 16.2. The molecule has 0 bridgehead atoms. The summed E-state index contributed by atoms with van der Waals surface area (Å²) in [7, 11) is 0. The third kappa shape index (κ3) is 3.31. The average molecular weight is 261 g/mol. The minimum atomic E-state index is -0.518. The SMILES string of the molecule is Cc1ccc(CNC(=O)CN2C(=O)CNC2=O)cc1. The lowest BCUT2D eigenvalue weighted by molar-refractivity contribution is -0.130. The summed E-state index contributed by atoms with van der Waals surface area (Å²) in [5.41, 5.74) is 2.12. The molecule has 2 rings (SSSR count).